The van der Waals surface area contributed by atoms with E-state index in [1.165, 1.54) is 7.11 Å². The van der Waals surface area contributed by atoms with Gasteiger partial charge in [-0.1, -0.05) is 19.8 Å². The summed E-state index contributed by atoms with van der Waals surface area (Å²) in [5, 5.41) is 8.97. The Hall–Kier alpha value is -0.570. The molecule has 1 atom stereocenters. The highest BCUT2D eigenvalue weighted by atomic mass is 16.5. The van der Waals surface area contributed by atoms with Gasteiger partial charge in [-0.15, -0.1) is 0 Å². The Morgan fingerprint density at radius 3 is 2.70 bits per heavy atom. The summed E-state index contributed by atoms with van der Waals surface area (Å²) in [7, 11) is 1.28. The van der Waals surface area contributed by atoms with Crippen LogP contribution in [0.5, 0.6) is 0 Å². The third-order valence-corrected chi connectivity index (χ3v) is 1.30. The largest absolute Gasteiger partial charge is 0.467 e. The lowest BCUT2D eigenvalue weighted by molar-refractivity contribution is -0.150. The first-order chi connectivity index (χ1) is 4.72. The van der Waals surface area contributed by atoms with Crippen LogP contribution < -0.4 is 0 Å². The predicted octanol–water partition coefficient (Wildman–Crippen LogP) is 0.710. The number of carbonyl (C=O) groups is 1. The molecule has 3 heteroatoms. The Balaban J connectivity index is 3.41. The van der Waals surface area contributed by atoms with E-state index >= 15 is 0 Å². The van der Waals surface area contributed by atoms with E-state index in [2.05, 4.69) is 4.74 Å². The summed E-state index contributed by atoms with van der Waals surface area (Å²) >= 11 is 0. The minimum absolute atomic E-state index is 0.503. The van der Waals surface area contributed by atoms with E-state index in [4.69, 9.17) is 5.11 Å². The summed E-state index contributed by atoms with van der Waals surface area (Å²) in [6.07, 6.45) is 1.41. The zero-order valence-corrected chi connectivity index (χ0v) is 6.46. The zero-order valence-electron chi connectivity index (χ0n) is 6.46. The standard InChI is InChI=1S/C7H14O3/c1-3-4-5-6(8)7(9)10-2/h6,8H,3-5H2,1-2H3/t6-/m1/s1. The van der Waals surface area contributed by atoms with Gasteiger partial charge in [-0.3, -0.25) is 0 Å². The maximum absolute atomic E-state index is 10.5. The Kier molecular flexibility index (Phi) is 4.94. The van der Waals surface area contributed by atoms with Crippen LogP contribution in [0.2, 0.25) is 0 Å². The Morgan fingerprint density at radius 1 is 1.70 bits per heavy atom. The molecule has 0 rings (SSSR count). The molecule has 0 aromatic rings. The highest BCUT2D eigenvalue weighted by Crippen LogP contribution is 2.00. The Bertz CT molecular complexity index is 101. The monoisotopic (exact) mass is 146 g/mol. The molecule has 0 aliphatic rings. The van der Waals surface area contributed by atoms with Crippen LogP contribution in [0.3, 0.4) is 0 Å². The normalized spacial score (nSPS) is 12.7. The average Bonchev–Trinajstić information content (AvgIpc) is 1.98. The van der Waals surface area contributed by atoms with Crippen molar-refractivity contribution < 1.29 is 14.6 Å². The molecule has 1 N–H and O–H groups in total. The van der Waals surface area contributed by atoms with E-state index in [1.807, 2.05) is 6.92 Å². The van der Waals surface area contributed by atoms with E-state index in [1.54, 1.807) is 0 Å². The molecule has 0 fully saturated rings. The maximum Gasteiger partial charge on any atom is 0.334 e. The van der Waals surface area contributed by atoms with Crippen molar-refractivity contribution in [1.29, 1.82) is 0 Å². The first kappa shape index (κ1) is 9.43. The topological polar surface area (TPSA) is 46.5 Å². The number of unbranched alkanes of at least 4 members (excludes halogenated alkanes) is 1. The highest BCUT2D eigenvalue weighted by molar-refractivity contribution is 5.74. The van der Waals surface area contributed by atoms with Gasteiger partial charge in [-0.05, 0) is 6.42 Å². The number of esters is 1. The van der Waals surface area contributed by atoms with Crippen LogP contribution in [0.4, 0.5) is 0 Å². The van der Waals surface area contributed by atoms with Crippen molar-refractivity contribution in [2.75, 3.05) is 7.11 Å². The number of rotatable bonds is 4. The lowest BCUT2D eigenvalue weighted by Crippen LogP contribution is -2.21. The molecule has 0 radical (unpaired) electrons. The summed E-state index contributed by atoms with van der Waals surface area (Å²) in [4.78, 5) is 10.5. The molecular weight excluding hydrogens is 132 g/mol. The molecule has 10 heavy (non-hydrogen) atoms. The molecule has 0 amide bonds. The van der Waals surface area contributed by atoms with Gasteiger partial charge in [0.1, 0.15) is 0 Å². The van der Waals surface area contributed by atoms with E-state index in [9.17, 15) is 4.79 Å². The molecule has 0 saturated carbocycles. The van der Waals surface area contributed by atoms with E-state index in [0.717, 1.165) is 12.8 Å². The van der Waals surface area contributed by atoms with Gasteiger partial charge in [0.15, 0.2) is 6.10 Å². The van der Waals surface area contributed by atoms with Crippen LogP contribution in [0.25, 0.3) is 0 Å². The van der Waals surface area contributed by atoms with Crippen molar-refractivity contribution in [3.8, 4) is 0 Å². The third-order valence-electron chi connectivity index (χ3n) is 1.30. The second-order valence-corrected chi connectivity index (χ2v) is 2.18. The molecule has 0 saturated heterocycles. The van der Waals surface area contributed by atoms with Gasteiger partial charge in [0, 0.05) is 0 Å². The minimum atomic E-state index is -0.926. The number of ether oxygens (including phenoxy) is 1. The number of hydrogen-bond donors (Lipinski definition) is 1. The van der Waals surface area contributed by atoms with Gasteiger partial charge in [0.05, 0.1) is 7.11 Å². The second-order valence-electron chi connectivity index (χ2n) is 2.18. The van der Waals surface area contributed by atoms with Crippen LogP contribution in [0, 0.1) is 0 Å². The van der Waals surface area contributed by atoms with Gasteiger partial charge in [0.2, 0.25) is 0 Å². The molecule has 0 aromatic carbocycles. The quantitative estimate of drug-likeness (QED) is 0.594. The van der Waals surface area contributed by atoms with Crippen molar-refractivity contribution in [1.82, 2.24) is 0 Å². The number of carbonyl (C=O) groups excluding carboxylic acids is 1. The molecule has 0 aliphatic carbocycles. The van der Waals surface area contributed by atoms with Crippen LogP contribution in [-0.2, 0) is 9.53 Å². The van der Waals surface area contributed by atoms with Gasteiger partial charge in [-0.25, -0.2) is 4.79 Å². The molecular formula is C7H14O3. The highest BCUT2D eigenvalue weighted by Gasteiger charge is 2.13. The van der Waals surface area contributed by atoms with Crippen LogP contribution in [-0.4, -0.2) is 24.3 Å². The number of aliphatic hydroxyl groups is 1. The number of hydrogen-bond acceptors (Lipinski definition) is 3. The molecule has 0 aromatic heterocycles. The Labute approximate surface area is 61.0 Å². The molecule has 0 bridgehead atoms. The fourth-order valence-corrected chi connectivity index (χ4v) is 0.651. The SMILES string of the molecule is CCCC[C@@H](O)C(=O)OC. The Morgan fingerprint density at radius 2 is 2.30 bits per heavy atom. The average molecular weight is 146 g/mol. The molecule has 0 aliphatic heterocycles. The van der Waals surface area contributed by atoms with Crippen LogP contribution in [0.15, 0.2) is 0 Å². The zero-order chi connectivity index (χ0) is 7.98. The summed E-state index contributed by atoms with van der Waals surface area (Å²) < 4.78 is 4.32. The van der Waals surface area contributed by atoms with E-state index < -0.39 is 12.1 Å². The smallest absolute Gasteiger partial charge is 0.334 e. The minimum Gasteiger partial charge on any atom is -0.467 e. The molecule has 3 nitrogen and oxygen atoms in total. The second kappa shape index (κ2) is 5.23. The maximum atomic E-state index is 10.5. The lowest BCUT2D eigenvalue weighted by Gasteiger charge is -2.05. The van der Waals surface area contributed by atoms with Crippen molar-refractivity contribution in [2.24, 2.45) is 0 Å². The van der Waals surface area contributed by atoms with Crippen molar-refractivity contribution in [3.05, 3.63) is 0 Å². The number of methoxy groups -OCH3 is 1. The summed E-state index contributed by atoms with van der Waals surface area (Å²) in [6, 6.07) is 0. The van der Waals surface area contributed by atoms with Crippen LogP contribution >= 0.6 is 0 Å². The first-order valence-corrected chi connectivity index (χ1v) is 3.48. The fourth-order valence-electron chi connectivity index (χ4n) is 0.651. The van der Waals surface area contributed by atoms with Gasteiger partial charge in [0.25, 0.3) is 0 Å². The molecule has 0 spiro atoms. The molecule has 0 heterocycles. The van der Waals surface area contributed by atoms with E-state index in [-0.39, 0.29) is 0 Å². The summed E-state index contributed by atoms with van der Waals surface area (Å²) in [6.45, 7) is 2.00. The molecule has 0 unspecified atom stereocenters. The van der Waals surface area contributed by atoms with Gasteiger partial charge in [-0.2, -0.15) is 0 Å². The fraction of sp³-hybridized carbons (Fsp3) is 0.857. The molecule has 60 valence electrons. The van der Waals surface area contributed by atoms with Crippen molar-refractivity contribution in [2.45, 2.75) is 32.3 Å². The predicted molar refractivity (Wildman–Crippen MR) is 37.5 cm³/mol. The van der Waals surface area contributed by atoms with Crippen molar-refractivity contribution >= 4 is 5.97 Å². The summed E-state index contributed by atoms with van der Waals surface area (Å²) in [5.74, 6) is -0.534. The van der Waals surface area contributed by atoms with E-state index in [0.29, 0.717) is 6.42 Å². The van der Waals surface area contributed by atoms with Gasteiger partial charge < -0.3 is 9.84 Å². The van der Waals surface area contributed by atoms with Gasteiger partial charge >= 0.3 is 5.97 Å². The lowest BCUT2D eigenvalue weighted by atomic mass is 10.2. The van der Waals surface area contributed by atoms with Crippen molar-refractivity contribution in [3.63, 3.8) is 0 Å². The first-order valence-electron chi connectivity index (χ1n) is 3.48. The summed E-state index contributed by atoms with van der Waals surface area (Å²) in [5.41, 5.74) is 0. The van der Waals surface area contributed by atoms with Crippen LogP contribution in [0.1, 0.15) is 26.2 Å². The number of aliphatic hydroxyl groups excluding tert-OH is 1. The third kappa shape index (κ3) is 3.45.